The summed E-state index contributed by atoms with van der Waals surface area (Å²) in [6.07, 6.45) is 0. The lowest BCUT2D eigenvalue weighted by Gasteiger charge is -2.24. The molecule has 0 bridgehead atoms. The largest absolute Gasteiger partial charge is 0.468 e. The van der Waals surface area contributed by atoms with Gasteiger partial charge in [0.05, 0.1) is 18.6 Å². The Hall–Kier alpha value is -0.680. The van der Waals surface area contributed by atoms with Crippen molar-refractivity contribution in [2.24, 2.45) is 5.73 Å². The van der Waals surface area contributed by atoms with Crippen LogP contribution in [0, 0.1) is 0 Å². The molecular weight excluding hydrogens is 188 g/mol. The van der Waals surface area contributed by atoms with Crippen molar-refractivity contribution in [2.45, 2.75) is 19.9 Å². The summed E-state index contributed by atoms with van der Waals surface area (Å²) in [4.78, 5) is 13.2. The van der Waals surface area contributed by atoms with Crippen LogP contribution in [-0.4, -0.2) is 42.1 Å². The van der Waals surface area contributed by atoms with Gasteiger partial charge < -0.3 is 10.5 Å². The molecule has 0 aromatic rings. The summed E-state index contributed by atoms with van der Waals surface area (Å²) in [5.41, 5.74) is 5.39. The highest BCUT2D eigenvalue weighted by atomic mass is 32.1. The molecule has 0 heterocycles. The van der Waals surface area contributed by atoms with Gasteiger partial charge >= 0.3 is 5.97 Å². The van der Waals surface area contributed by atoms with Gasteiger partial charge in [0.15, 0.2) is 0 Å². The van der Waals surface area contributed by atoms with Crippen molar-refractivity contribution in [1.29, 1.82) is 0 Å². The minimum Gasteiger partial charge on any atom is -0.468 e. The molecule has 0 saturated heterocycles. The standard InChI is InChI=1S/C8H16N2O2S/c1-6(2)10(4-7(9)13)5-8(11)12-3/h6H,4-5H2,1-3H3,(H2,9,13). The van der Waals surface area contributed by atoms with Gasteiger partial charge in [0.1, 0.15) is 0 Å². The Kier molecular flexibility index (Phi) is 5.57. The van der Waals surface area contributed by atoms with Crippen LogP contribution in [-0.2, 0) is 9.53 Å². The van der Waals surface area contributed by atoms with Crippen LogP contribution in [0.5, 0.6) is 0 Å². The van der Waals surface area contributed by atoms with E-state index in [4.69, 9.17) is 18.0 Å². The van der Waals surface area contributed by atoms with E-state index in [1.165, 1.54) is 7.11 Å². The fourth-order valence-corrected chi connectivity index (χ4v) is 1.02. The molecule has 5 heteroatoms. The number of nitrogens with two attached hydrogens (primary N) is 1. The Bertz CT molecular complexity index is 195. The molecular formula is C8H16N2O2S. The van der Waals surface area contributed by atoms with E-state index in [0.717, 1.165) is 0 Å². The Morgan fingerprint density at radius 3 is 2.38 bits per heavy atom. The van der Waals surface area contributed by atoms with E-state index in [1.807, 2.05) is 18.7 Å². The number of esters is 1. The van der Waals surface area contributed by atoms with Crippen LogP contribution in [0.15, 0.2) is 0 Å². The molecule has 0 spiro atoms. The number of nitrogens with zero attached hydrogens (tertiary/aromatic N) is 1. The van der Waals surface area contributed by atoms with Crippen molar-refractivity contribution in [1.82, 2.24) is 4.90 Å². The van der Waals surface area contributed by atoms with Gasteiger partial charge in [0.2, 0.25) is 0 Å². The summed E-state index contributed by atoms with van der Waals surface area (Å²) in [6.45, 7) is 4.62. The monoisotopic (exact) mass is 204 g/mol. The van der Waals surface area contributed by atoms with E-state index in [0.29, 0.717) is 11.5 Å². The van der Waals surface area contributed by atoms with Crippen molar-refractivity contribution in [3.05, 3.63) is 0 Å². The lowest BCUT2D eigenvalue weighted by molar-refractivity contribution is -0.142. The molecule has 0 aromatic carbocycles. The quantitative estimate of drug-likeness (QED) is 0.510. The Balaban J connectivity index is 4.09. The van der Waals surface area contributed by atoms with Crippen LogP contribution in [0.1, 0.15) is 13.8 Å². The van der Waals surface area contributed by atoms with Gasteiger partial charge in [-0.2, -0.15) is 0 Å². The van der Waals surface area contributed by atoms with Gasteiger partial charge in [-0.25, -0.2) is 0 Å². The van der Waals surface area contributed by atoms with Crippen LogP contribution in [0.4, 0.5) is 0 Å². The molecule has 76 valence electrons. The van der Waals surface area contributed by atoms with Crippen LogP contribution >= 0.6 is 12.2 Å². The number of thiocarbonyl (C=S) groups is 1. The minimum atomic E-state index is -0.273. The molecule has 0 saturated carbocycles. The Morgan fingerprint density at radius 2 is 2.08 bits per heavy atom. The first-order valence-electron chi connectivity index (χ1n) is 4.06. The fourth-order valence-electron chi connectivity index (χ4n) is 0.852. The molecule has 0 fully saturated rings. The number of hydrogen-bond donors (Lipinski definition) is 1. The topological polar surface area (TPSA) is 55.6 Å². The lowest BCUT2D eigenvalue weighted by Crippen LogP contribution is -2.41. The van der Waals surface area contributed by atoms with Crippen LogP contribution < -0.4 is 5.73 Å². The Labute approximate surface area is 84.0 Å². The third kappa shape index (κ3) is 5.54. The maximum Gasteiger partial charge on any atom is 0.319 e. The molecule has 0 unspecified atom stereocenters. The molecule has 0 aliphatic heterocycles. The van der Waals surface area contributed by atoms with Crippen LogP contribution in [0.3, 0.4) is 0 Å². The first-order valence-corrected chi connectivity index (χ1v) is 4.47. The van der Waals surface area contributed by atoms with Crippen molar-refractivity contribution < 1.29 is 9.53 Å². The minimum absolute atomic E-state index is 0.223. The second kappa shape index (κ2) is 5.88. The number of carbonyl (C=O) groups is 1. The first-order chi connectivity index (χ1) is 5.97. The molecule has 0 atom stereocenters. The third-order valence-corrected chi connectivity index (χ3v) is 1.78. The van der Waals surface area contributed by atoms with E-state index in [9.17, 15) is 4.79 Å². The summed E-state index contributed by atoms with van der Waals surface area (Å²) in [5.74, 6) is -0.273. The van der Waals surface area contributed by atoms with Crippen molar-refractivity contribution in [3.8, 4) is 0 Å². The number of rotatable bonds is 5. The van der Waals surface area contributed by atoms with Crippen LogP contribution in [0.2, 0.25) is 0 Å². The molecule has 0 aromatic heterocycles. The molecule has 13 heavy (non-hydrogen) atoms. The summed E-state index contributed by atoms with van der Waals surface area (Å²) in [6, 6.07) is 0.223. The molecule has 4 nitrogen and oxygen atoms in total. The van der Waals surface area contributed by atoms with Gasteiger partial charge in [0, 0.05) is 12.6 Å². The second-order valence-corrected chi connectivity index (χ2v) is 3.57. The molecule has 0 radical (unpaired) electrons. The highest BCUT2D eigenvalue weighted by Crippen LogP contribution is 1.97. The van der Waals surface area contributed by atoms with Gasteiger partial charge in [0.25, 0.3) is 0 Å². The average Bonchev–Trinajstić information content (AvgIpc) is 2.02. The fraction of sp³-hybridized carbons (Fsp3) is 0.750. The predicted octanol–water partition coefficient (Wildman–Crippen LogP) is 0.156. The smallest absolute Gasteiger partial charge is 0.319 e. The number of methoxy groups -OCH3 is 1. The highest BCUT2D eigenvalue weighted by Gasteiger charge is 2.14. The molecule has 0 aliphatic carbocycles. The zero-order valence-corrected chi connectivity index (χ0v) is 9.06. The summed E-state index contributed by atoms with van der Waals surface area (Å²) < 4.78 is 4.55. The summed E-state index contributed by atoms with van der Waals surface area (Å²) >= 11 is 4.76. The number of ether oxygens (including phenoxy) is 1. The zero-order valence-electron chi connectivity index (χ0n) is 8.24. The van der Waals surface area contributed by atoms with Crippen LogP contribution in [0.25, 0.3) is 0 Å². The highest BCUT2D eigenvalue weighted by molar-refractivity contribution is 7.80. The molecule has 2 N–H and O–H groups in total. The molecule has 0 rings (SSSR count). The summed E-state index contributed by atoms with van der Waals surface area (Å²) in [7, 11) is 1.36. The second-order valence-electron chi connectivity index (χ2n) is 3.04. The predicted molar refractivity (Wildman–Crippen MR) is 55.5 cm³/mol. The maximum absolute atomic E-state index is 11.0. The third-order valence-electron chi connectivity index (χ3n) is 1.65. The van der Waals surface area contributed by atoms with E-state index in [-0.39, 0.29) is 18.6 Å². The van der Waals surface area contributed by atoms with Gasteiger partial charge in [-0.3, -0.25) is 9.69 Å². The van der Waals surface area contributed by atoms with Gasteiger partial charge in [-0.05, 0) is 13.8 Å². The van der Waals surface area contributed by atoms with Gasteiger partial charge in [-0.1, -0.05) is 12.2 Å². The number of carbonyl (C=O) groups excluding carboxylic acids is 1. The van der Waals surface area contributed by atoms with Gasteiger partial charge in [-0.15, -0.1) is 0 Å². The van der Waals surface area contributed by atoms with E-state index in [1.54, 1.807) is 0 Å². The van der Waals surface area contributed by atoms with E-state index >= 15 is 0 Å². The zero-order chi connectivity index (χ0) is 10.4. The van der Waals surface area contributed by atoms with Crippen molar-refractivity contribution in [3.63, 3.8) is 0 Å². The molecule has 0 aliphatic rings. The van der Waals surface area contributed by atoms with E-state index in [2.05, 4.69) is 4.74 Å². The average molecular weight is 204 g/mol. The maximum atomic E-state index is 11.0. The van der Waals surface area contributed by atoms with E-state index < -0.39 is 0 Å². The SMILES string of the molecule is COC(=O)CN(CC(N)=S)C(C)C. The van der Waals surface area contributed by atoms with Crippen molar-refractivity contribution in [2.75, 3.05) is 20.2 Å². The normalized spacial score (nSPS) is 10.5. The number of hydrogen-bond acceptors (Lipinski definition) is 4. The Morgan fingerprint density at radius 1 is 1.54 bits per heavy atom. The first kappa shape index (κ1) is 12.3. The molecule has 0 amide bonds. The summed E-state index contributed by atoms with van der Waals surface area (Å²) in [5, 5.41) is 0. The lowest BCUT2D eigenvalue weighted by atomic mass is 10.3. The van der Waals surface area contributed by atoms with Crippen molar-refractivity contribution >= 4 is 23.2 Å².